The van der Waals surface area contributed by atoms with Crippen LogP contribution in [0.2, 0.25) is 5.02 Å². The van der Waals surface area contributed by atoms with Gasteiger partial charge in [0.25, 0.3) is 0 Å². The van der Waals surface area contributed by atoms with E-state index in [0.717, 1.165) is 38.6 Å². The predicted octanol–water partition coefficient (Wildman–Crippen LogP) is 4.46. The van der Waals surface area contributed by atoms with Crippen LogP contribution in [0.25, 0.3) is 33.2 Å². The lowest BCUT2D eigenvalue weighted by molar-refractivity contribution is 0.925. The van der Waals surface area contributed by atoms with E-state index in [0.29, 0.717) is 10.8 Å². The van der Waals surface area contributed by atoms with E-state index in [4.69, 9.17) is 16.6 Å². The number of hydrogen-bond acceptors (Lipinski definition) is 5. The first-order valence-electron chi connectivity index (χ1n) is 8.02. The highest BCUT2D eigenvalue weighted by atomic mass is 35.5. The summed E-state index contributed by atoms with van der Waals surface area (Å²) in [6.45, 7) is 4.16. The number of rotatable bonds is 2. The fourth-order valence-corrected chi connectivity index (χ4v) is 3.96. The SMILES string of the molecule is Cc1c(C)n(-c2nccs2)c2ncn3nc(-c4ccc(Cl)cc4)nc3c12. The molecule has 0 aliphatic carbocycles. The molecular weight excluding hydrogens is 368 g/mol. The van der Waals surface area contributed by atoms with E-state index in [2.05, 4.69) is 33.5 Å². The summed E-state index contributed by atoms with van der Waals surface area (Å²) in [7, 11) is 0. The van der Waals surface area contributed by atoms with Gasteiger partial charge >= 0.3 is 0 Å². The van der Waals surface area contributed by atoms with E-state index in [-0.39, 0.29) is 0 Å². The molecule has 0 aliphatic rings. The molecule has 26 heavy (non-hydrogen) atoms. The number of aryl methyl sites for hydroxylation is 1. The molecule has 0 unspecified atom stereocenters. The van der Waals surface area contributed by atoms with Gasteiger partial charge < -0.3 is 0 Å². The molecule has 6 nitrogen and oxygen atoms in total. The van der Waals surface area contributed by atoms with Crippen molar-refractivity contribution in [1.29, 1.82) is 0 Å². The van der Waals surface area contributed by atoms with Crippen molar-refractivity contribution in [3.8, 4) is 16.5 Å². The van der Waals surface area contributed by atoms with Crippen molar-refractivity contribution in [3.05, 3.63) is 58.4 Å². The largest absolute Gasteiger partial charge is 0.273 e. The van der Waals surface area contributed by atoms with E-state index in [1.807, 2.05) is 29.6 Å². The summed E-state index contributed by atoms with van der Waals surface area (Å²) in [5, 5.41) is 9.13. The Balaban J connectivity index is 1.80. The van der Waals surface area contributed by atoms with Gasteiger partial charge in [0.1, 0.15) is 6.33 Å². The summed E-state index contributed by atoms with van der Waals surface area (Å²) in [5.41, 5.74) is 4.78. The van der Waals surface area contributed by atoms with Crippen molar-refractivity contribution < 1.29 is 0 Å². The third kappa shape index (κ3) is 2.17. The highest BCUT2D eigenvalue weighted by Gasteiger charge is 2.20. The Hall–Kier alpha value is -2.77. The van der Waals surface area contributed by atoms with Gasteiger partial charge in [0.05, 0.1) is 5.39 Å². The summed E-state index contributed by atoms with van der Waals surface area (Å²) in [6.07, 6.45) is 3.50. The lowest BCUT2D eigenvalue weighted by Crippen LogP contribution is -1.98. The van der Waals surface area contributed by atoms with Gasteiger partial charge in [0.15, 0.2) is 22.3 Å². The van der Waals surface area contributed by atoms with Crippen molar-refractivity contribution in [2.24, 2.45) is 0 Å². The number of benzene rings is 1. The first-order valence-corrected chi connectivity index (χ1v) is 9.28. The number of thiazole rings is 1. The Morgan fingerprint density at radius 3 is 2.58 bits per heavy atom. The Morgan fingerprint density at radius 2 is 1.85 bits per heavy atom. The van der Waals surface area contributed by atoms with Gasteiger partial charge in [-0.15, -0.1) is 16.4 Å². The quantitative estimate of drug-likeness (QED) is 0.453. The molecule has 1 aromatic carbocycles. The molecule has 5 rings (SSSR count). The molecule has 0 atom stereocenters. The maximum atomic E-state index is 5.98. The Kier molecular flexibility index (Phi) is 3.35. The van der Waals surface area contributed by atoms with Crippen LogP contribution in [-0.2, 0) is 0 Å². The second-order valence-corrected chi connectivity index (χ2v) is 7.32. The second kappa shape index (κ2) is 5.62. The highest BCUT2D eigenvalue weighted by molar-refractivity contribution is 7.12. The van der Waals surface area contributed by atoms with Crippen molar-refractivity contribution in [1.82, 2.24) is 29.1 Å². The molecule has 8 heteroatoms. The molecule has 128 valence electrons. The number of nitrogens with zero attached hydrogens (tertiary/aromatic N) is 6. The smallest absolute Gasteiger partial charge is 0.195 e. The highest BCUT2D eigenvalue weighted by Crippen LogP contribution is 2.31. The maximum absolute atomic E-state index is 5.98. The van der Waals surface area contributed by atoms with Gasteiger partial charge in [-0.05, 0) is 43.7 Å². The molecule has 0 spiro atoms. The van der Waals surface area contributed by atoms with E-state index in [1.165, 1.54) is 0 Å². The second-order valence-electron chi connectivity index (χ2n) is 6.01. The molecule has 0 amide bonds. The van der Waals surface area contributed by atoms with Crippen molar-refractivity contribution >= 4 is 39.6 Å². The van der Waals surface area contributed by atoms with Crippen LogP contribution in [-0.4, -0.2) is 29.1 Å². The normalized spacial score (nSPS) is 11.7. The minimum absolute atomic E-state index is 0.648. The van der Waals surface area contributed by atoms with Gasteiger partial charge in [-0.1, -0.05) is 11.6 Å². The summed E-state index contributed by atoms with van der Waals surface area (Å²) in [5.74, 6) is 0.648. The molecule has 0 bridgehead atoms. The van der Waals surface area contributed by atoms with Gasteiger partial charge in [-0.25, -0.2) is 19.5 Å². The average molecular weight is 381 g/mol. The molecule has 4 heterocycles. The van der Waals surface area contributed by atoms with Gasteiger partial charge in [-0.3, -0.25) is 4.57 Å². The first kappa shape index (κ1) is 15.5. The molecule has 0 radical (unpaired) electrons. The summed E-state index contributed by atoms with van der Waals surface area (Å²) >= 11 is 7.57. The molecule has 0 fully saturated rings. The Morgan fingerprint density at radius 1 is 1.04 bits per heavy atom. The molecule has 4 aromatic heterocycles. The summed E-state index contributed by atoms with van der Waals surface area (Å²) in [6, 6.07) is 7.51. The standard InChI is InChI=1S/C18H13ClN6S/c1-10-11(2)25(18-20-7-8-26-18)16-14(10)17-22-15(23-24(17)9-21-16)12-3-5-13(19)6-4-12/h3-9H,1-2H3. The van der Waals surface area contributed by atoms with Gasteiger partial charge in [0, 0.05) is 27.9 Å². The molecule has 0 saturated heterocycles. The van der Waals surface area contributed by atoms with Crippen LogP contribution in [0, 0.1) is 13.8 Å². The maximum Gasteiger partial charge on any atom is 0.195 e. The van der Waals surface area contributed by atoms with Crippen LogP contribution in [0.4, 0.5) is 0 Å². The monoisotopic (exact) mass is 380 g/mol. The molecule has 5 aromatic rings. The minimum Gasteiger partial charge on any atom is -0.273 e. The van der Waals surface area contributed by atoms with E-state index in [9.17, 15) is 0 Å². The number of fused-ring (bicyclic) bond motifs is 3. The van der Waals surface area contributed by atoms with Crippen LogP contribution in [0.1, 0.15) is 11.3 Å². The predicted molar refractivity (Wildman–Crippen MR) is 103 cm³/mol. The van der Waals surface area contributed by atoms with E-state index >= 15 is 0 Å². The zero-order chi connectivity index (χ0) is 17.8. The fraction of sp³-hybridized carbons (Fsp3) is 0.111. The summed E-state index contributed by atoms with van der Waals surface area (Å²) in [4.78, 5) is 13.9. The first-order chi connectivity index (χ1) is 12.6. The van der Waals surface area contributed by atoms with E-state index in [1.54, 1.807) is 28.4 Å². The van der Waals surface area contributed by atoms with Crippen molar-refractivity contribution in [3.63, 3.8) is 0 Å². The van der Waals surface area contributed by atoms with E-state index < -0.39 is 0 Å². The van der Waals surface area contributed by atoms with Crippen LogP contribution < -0.4 is 0 Å². The number of halogens is 1. The Bertz CT molecular complexity index is 1250. The van der Waals surface area contributed by atoms with Crippen LogP contribution >= 0.6 is 22.9 Å². The molecule has 0 N–H and O–H groups in total. The zero-order valence-electron chi connectivity index (χ0n) is 14.0. The number of aromatic nitrogens is 6. The third-order valence-electron chi connectivity index (χ3n) is 4.55. The van der Waals surface area contributed by atoms with Crippen LogP contribution in [0.15, 0.2) is 42.2 Å². The summed E-state index contributed by atoms with van der Waals surface area (Å²) < 4.78 is 3.80. The van der Waals surface area contributed by atoms with Crippen molar-refractivity contribution in [2.45, 2.75) is 13.8 Å². The topological polar surface area (TPSA) is 60.9 Å². The lowest BCUT2D eigenvalue weighted by Gasteiger charge is -2.02. The van der Waals surface area contributed by atoms with Crippen LogP contribution in [0.5, 0.6) is 0 Å². The molecule has 0 aliphatic heterocycles. The van der Waals surface area contributed by atoms with Gasteiger partial charge in [-0.2, -0.15) is 0 Å². The number of hydrogen-bond donors (Lipinski definition) is 0. The minimum atomic E-state index is 0.648. The van der Waals surface area contributed by atoms with Crippen LogP contribution in [0.3, 0.4) is 0 Å². The Labute approximate surface area is 157 Å². The average Bonchev–Trinajstić information content (AvgIpc) is 3.35. The zero-order valence-corrected chi connectivity index (χ0v) is 15.6. The van der Waals surface area contributed by atoms with Crippen molar-refractivity contribution in [2.75, 3.05) is 0 Å². The molecular formula is C18H13ClN6S. The lowest BCUT2D eigenvalue weighted by atomic mass is 10.2. The third-order valence-corrected chi connectivity index (χ3v) is 5.55. The molecule has 0 saturated carbocycles. The fourth-order valence-electron chi connectivity index (χ4n) is 3.14. The van der Waals surface area contributed by atoms with Gasteiger partial charge in [0.2, 0.25) is 0 Å².